The second-order valence-corrected chi connectivity index (χ2v) is 4.07. The fraction of sp³-hybridized carbons (Fsp3) is 0.700. The molecule has 0 unspecified atom stereocenters. The minimum Gasteiger partial charge on any atom is -0.331 e. The Labute approximate surface area is 82.7 Å². The maximum atomic E-state index is 10.4. The average molecular weight is 194 g/mol. The summed E-state index contributed by atoms with van der Waals surface area (Å²) in [5.74, 6) is 2.00. The quantitative estimate of drug-likeness (QED) is 0.677. The zero-order valence-corrected chi connectivity index (χ0v) is 8.27. The number of hydrogen-bond donors (Lipinski definition) is 0. The first kappa shape index (κ1) is 9.37. The predicted molar refractivity (Wildman–Crippen MR) is 50.1 cm³/mol. The molecule has 76 valence electrons. The van der Waals surface area contributed by atoms with Crippen molar-refractivity contribution in [1.82, 2.24) is 10.1 Å². The van der Waals surface area contributed by atoms with Crippen molar-refractivity contribution >= 4 is 6.29 Å². The lowest BCUT2D eigenvalue weighted by Gasteiger charge is -2.23. The molecule has 1 aliphatic rings. The lowest BCUT2D eigenvalue weighted by Crippen LogP contribution is -2.11. The third kappa shape index (κ3) is 1.84. The van der Waals surface area contributed by atoms with Crippen LogP contribution in [0.15, 0.2) is 4.52 Å². The van der Waals surface area contributed by atoms with Crippen LogP contribution in [0, 0.1) is 5.92 Å². The monoisotopic (exact) mass is 194 g/mol. The van der Waals surface area contributed by atoms with Crippen LogP contribution >= 0.6 is 0 Å². The van der Waals surface area contributed by atoms with Crippen LogP contribution in [0.1, 0.15) is 55.0 Å². The van der Waals surface area contributed by atoms with Gasteiger partial charge in [0.05, 0.1) is 0 Å². The SMILES string of the molecule is CC1CCC(c2noc(C=O)n2)CC1. The second-order valence-electron chi connectivity index (χ2n) is 4.07. The molecule has 0 spiro atoms. The normalized spacial score (nSPS) is 27.5. The zero-order chi connectivity index (χ0) is 9.97. The van der Waals surface area contributed by atoms with Crippen molar-refractivity contribution in [2.75, 3.05) is 0 Å². The van der Waals surface area contributed by atoms with Crippen molar-refractivity contribution in [2.24, 2.45) is 5.92 Å². The fourth-order valence-electron chi connectivity index (χ4n) is 1.98. The van der Waals surface area contributed by atoms with Gasteiger partial charge in [0, 0.05) is 5.92 Å². The fourth-order valence-corrected chi connectivity index (χ4v) is 1.98. The van der Waals surface area contributed by atoms with Crippen molar-refractivity contribution in [3.05, 3.63) is 11.7 Å². The smallest absolute Gasteiger partial charge is 0.290 e. The van der Waals surface area contributed by atoms with Crippen molar-refractivity contribution in [3.63, 3.8) is 0 Å². The molecule has 1 aromatic heterocycles. The van der Waals surface area contributed by atoms with E-state index in [-0.39, 0.29) is 5.89 Å². The summed E-state index contributed by atoms with van der Waals surface area (Å²) >= 11 is 0. The first-order chi connectivity index (χ1) is 6.79. The number of carbonyl (C=O) groups excluding carboxylic acids is 1. The molecule has 0 saturated heterocycles. The molecule has 1 aliphatic carbocycles. The molecule has 4 nitrogen and oxygen atoms in total. The topological polar surface area (TPSA) is 56.0 Å². The summed E-state index contributed by atoms with van der Waals surface area (Å²) in [7, 11) is 0. The van der Waals surface area contributed by atoms with Crippen molar-refractivity contribution in [3.8, 4) is 0 Å². The Bertz CT molecular complexity index is 314. The van der Waals surface area contributed by atoms with Crippen LogP contribution in [0.25, 0.3) is 0 Å². The summed E-state index contributed by atoms with van der Waals surface area (Å²) in [4.78, 5) is 14.4. The number of aldehydes is 1. The highest BCUT2D eigenvalue weighted by Crippen LogP contribution is 2.33. The zero-order valence-electron chi connectivity index (χ0n) is 8.27. The molecule has 0 N–H and O–H groups in total. The molecular formula is C10H14N2O2. The Hall–Kier alpha value is -1.19. The van der Waals surface area contributed by atoms with Gasteiger partial charge in [-0.15, -0.1) is 0 Å². The summed E-state index contributed by atoms with van der Waals surface area (Å²) in [5, 5.41) is 3.82. The Morgan fingerprint density at radius 1 is 1.36 bits per heavy atom. The second kappa shape index (κ2) is 3.90. The van der Waals surface area contributed by atoms with E-state index in [4.69, 9.17) is 4.52 Å². The van der Waals surface area contributed by atoms with Crippen molar-refractivity contribution in [2.45, 2.75) is 38.5 Å². The molecule has 0 amide bonds. The molecule has 14 heavy (non-hydrogen) atoms. The van der Waals surface area contributed by atoms with Crippen LogP contribution in [0.2, 0.25) is 0 Å². The Balaban J connectivity index is 2.04. The first-order valence-electron chi connectivity index (χ1n) is 5.08. The average Bonchev–Trinajstić information content (AvgIpc) is 2.67. The maximum absolute atomic E-state index is 10.4. The summed E-state index contributed by atoms with van der Waals surface area (Å²) in [6, 6.07) is 0. The third-order valence-electron chi connectivity index (χ3n) is 2.94. The van der Waals surface area contributed by atoms with E-state index in [1.165, 1.54) is 12.8 Å². The van der Waals surface area contributed by atoms with Crippen molar-refractivity contribution in [1.29, 1.82) is 0 Å². The summed E-state index contributed by atoms with van der Waals surface area (Å²) in [6.45, 7) is 2.27. The van der Waals surface area contributed by atoms with E-state index < -0.39 is 0 Å². The molecule has 0 bridgehead atoms. The lowest BCUT2D eigenvalue weighted by atomic mass is 9.83. The highest BCUT2D eigenvalue weighted by Gasteiger charge is 2.23. The standard InChI is InChI=1S/C10H14N2O2/c1-7-2-4-8(5-3-7)10-11-9(6-13)14-12-10/h6-8H,2-5H2,1H3. The maximum Gasteiger partial charge on any atom is 0.290 e. The Kier molecular flexibility index (Phi) is 2.61. The van der Waals surface area contributed by atoms with E-state index in [0.717, 1.165) is 18.8 Å². The Morgan fingerprint density at radius 2 is 2.07 bits per heavy atom. The first-order valence-corrected chi connectivity index (χ1v) is 5.08. The molecule has 4 heteroatoms. The van der Waals surface area contributed by atoms with Gasteiger partial charge in [0.1, 0.15) is 0 Å². The molecule has 0 atom stereocenters. The lowest BCUT2D eigenvalue weighted by molar-refractivity contribution is 0.108. The molecule has 1 aromatic rings. The third-order valence-corrected chi connectivity index (χ3v) is 2.94. The van der Waals surface area contributed by atoms with Crippen molar-refractivity contribution < 1.29 is 9.32 Å². The minimum atomic E-state index is 0.0959. The molecule has 2 rings (SSSR count). The van der Waals surface area contributed by atoms with Gasteiger partial charge >= 0.3 is 0 Å². The van der Waals surface area contributed by atoms with Gasteiger partial charge in [0.15, 0.2) is 5.82 Å². The highest BCUT2D eigenvalue weighted by molar-refractivity contribution is 5.66. The van der Waals surface area contributed by atoms with Crippen LogP contribution in [0.4, 0.5) is 0 Å². The van der Waals surface area contributed by atoms with Crippen LogP contribution in [-0.2, 0) is 0 Å². The van der Waals surface area contributed by atoms with E-state index in [0.29, 0.717) is 18.0 Å². The number of nitrogens with zero attached hydrogens (tertiary/aromatic N) is 2. The van der Waals surface area contributed by atoms with E-state index in [1.807, 2.05) is 0 Å². The molecule has 0 aromatic carbocycles. The molecule has 0 aliphatic heterocycles. The number of aromatic nitrogens is 2. The van der Waals surface area contributed by atoms with Crippen LogP contribution < -0.4 is 0 Å². The van der Waals surface area contributed by atoms with Crippen LogP contribution in [0.5, 0.6) is 0 Å². The summed E-state index contributed by atoms with van der Waals surface area (Å²) in [5.41, 5.74) is 0. The van der Waals surface area contributed by atoms with Crippen LogP contribution in [0.3, 0.4) is 0 Å². The molecule has 1 heterocycles. The van der Waals surface area contributed by atoms with E-state index >= 15 is 0 Å². The molecule has 1 fully saturated rings. The van der Waals surface area contributed by atoms with Gasteiger partial charge in [-0.3, -0.25) is 4.79 Å². The van der Waals surface area contributed by atoms with Crippen LogP contribution in [-0.4, -0.2) is 16.4 Å². The number of rotatable bonds is 2. The molecule has 1 saturated carbocycles. The molecular weight excluding hydrogens is 180 g/mol. The predicted octanol–water partition coefficient (Wildman–Crippen LogP) is 2.18. The summed E-state index contributed by atoms with van der Waals surface area (Å²) < 4.78 is 4.76. The van der Waals surface area contributed by atoms with Gasteiger partial charge in [-0.05, 0) is 18.8 Å². The van der Waals surface area contributed by atoms with E-state index in [2.05, 4.69) is 17.1 Å². The van der Waals surface area contributed by atoms with Gasteiger partial charge in [-0.1, -0.05) is 24.9 Å². The number of hydrogen-bond acceptors (Lipinski definition) is 4. The number of carbonyl (C=O) groups is 1. The summed E-state index contributed by atoms with van der Waals surface area (Å²) in [6.07, 6.45) is 5.26. The minimum absolute atomic E-state index is 0.0959. The van der Waals surface area contributed by atoms with E-state index in [9.17, 15) is 4.79 Å². The largest absolute Gasteiger partial charge is 0.331 e. The molecule has 0 radical (unpaired) electrons. The Morgan fingerprint density at radius 3 is 2.64 bits per heavy atom. The van der Waals surface area contributed by atoms with Gasteiger partial charge in [-0.25, -0.2) is 0 Å². The van der Waals surface area contributed by atoms with Gasteiger partial charge in [0.25, 0.3) is 5.89 Å². The van der Waals surface area contributed by atoms with E-state index in [1.54, 1.807) is 0 Å². The van der Waals surface area contributed by atoms with Gasteiger partial charge in [-0.2, -0.15) is 4.98 Å². The highest BCUT2D eigenvalue weighted by atomic mass is 16.5. The van der Waals surface area contributed by atoms with Gasteiger partial charge < -0.3 is 4.52 Å². The van der Waals surface area contributed by atoms with Gasteiger partial charge in [0.2, 0.25) is 6.29 Å².